The van der Waals surface area contributed by atoms with Crippen LogP contribution in [0.2, 0.25) is 0 Å². The lowest BCUT2D eigenvalue weighted by Gasteiger charge is -2.08. The summed E-state index contributed by atoms with van der Waals surface area (Å²) in [5.41, 5.74) is 2.91. The Kier molecular flexibility index (Phi) is 4.88. The largest absolute Gasteiger partial charge is 0.459 e. The zero-order valence-corrected chi connectivity index (χ0v) is 14.0. The summed E-state index contributed by atoms with van der Waals surface area (Å²) in [6.07, 6.45) is 1.49. The highest BCUT2D eigenvalue weighted by Crippen LogP contribution is 2.19. The van der Waals surface area contributed by atoms with E-state index in [-0.39, 0.29) is 18.6 Å². The van der Waals surface area contributed by atoms with Crippen LogP contribution in [0, 0.1) is 20.8 Å². The second-order valence-electron chi connectivity index (χ2n) is 5.77. The zero-order chi connectivity index (χ0) is 17.1. The van der Waals surface area contributed by atoms with Gasteiger partial charge in [0, 0.05) is 17.6 Å². The van der Waals surface area contributed by atoms with Gasteiger partial charge in [0.05, 0.1) is 18.2 Å². The number of ether oxygens (including phenoxy) is 1. The fourth-order valence-electron chi connectivity index (χ4n) is 2.37. The number of imidazole rings is 1. The van der Waals surface area contributed by atoms with Gasteiger partial charge in [-0.15, -0.1) is 0 Å². The molecule has 0 aliphatic carbocycles. The van der Waals surface area contributed by atoms with Gasteiger partial charge in [-0.1, -0.05) is 0 Å². The summed E-state index contributed by atoms with van der Waals surface area (Å²) in [5, 5.41) is 2.77. The SMILES string of the molecule is Cc1cnc(CNC(=O)c2[nH]c(C)c(C(=O)OC(C)C)c2C)[nH]1. The van der Waals surface area contributed by atoms with Crippen LogP contribution in [0.1, 0.15) is 57.5 Å². The molecule has 0 spiro atoms. The molecule has 23 heavy (non-hydrogen) atoms. The van der Waals surface area contributed by atoms with Gasteiger partial charge >= 0.3 is 5.97 Å². The van der Waals surface area contributed by atoms with Crippen molar-refractivity contribution in [2.45, 2.75) is 47.3 Å². The van der Waals surface area contributed by atoms with Crippen molar-refractivity contribution in [3.63, 3.8) is 0 Å². The van der Waals surface area contributed by atoms with Gasteiger partial charge in [-0.25, -0.2) is 9.78 Å². The van der Waals surface area contributed by atoms with Crippen molar-refractivity contribution in [3.8, 4) is 0 Å². The van der Waals surface area contributed by atoms with Crippen molar-refractivity contribution in [1.82, 2.24) is 20.3 Å². The minimum Gasteiger partial charge on any atom is -0.459 e. The van der Waals surface area contributed by atoms with Crippen LogP contribution in [0.15, 0.2) is 6.20 Å². The molecule has 0 radical (unpaired) electrons. The Bertz CT molecular complexity index is 728. The summed E-state index contributed by atoms with van der Waals surface area (Å²) in [7, 11) is 0. The number of amides is 1. The number of nitrogens with one attached hydrogen (secondary N) is 3. The third-order valence-electron chi connectivity index (χ3n) is 3.38. The Balaban J connectivity index is 2.13. The molecule has 1 amide bonds. The van der Waals surface area contributed by atoms with Crippen LogP contribution in [-0.2, 0) is 11.3 Å². The molecule has 0 aliphatic rings. The van der Waals surface area contributed by atoms with Crippen LogP contribution in [-0.4, -0.2) is 32.9 Å². The number of H-pyrrole nitrogens is 2. The number of aromatic amines is 2. The van der Waals surface area contributed by atoms with E-state index in [1.54, 1.807) is 33.9 Å². The first kappa shape index (κ1) is 16.8. The van der Waals surface area contributed by atoms with Gasteiger partial charge in [-0.3, -0.25) is 4.79 Å². The van der Waals surface area contributed by atoms with Crippen LogP contribution in [0.4, 0.5) is 0 Å². The van der Waals surface area contributed by atoms with Crippen molar-refractivity contribution >= 4 is 11.9 Å². The quantitative estimate of drug-likeness (QED) is 0.735. The van der Waals surface area contributed by atoms with Crippen molar-refractivity contribution < 1.29 is 14.3 Å². The summed E-state index contributed by atoms with van der Waals surface area (Å²) in [6.45, 7) is 9.23. The Labute approximate surface area is 134 Å². The lowest BCUT2D eigenvalue weighted by Crippen LogP contribution is -2.24. The predicted molar refractivity (Wildman–Crippen MR) is 85.3 cm³/mol. The average molecular weight is 318 g/mol. The van der Waals surface area contributed by atoms with Crippen LogP contribution < -0.4 is 5.32 Å². The first-order valence-electron chi connectivity index (χ1n) is 7.48. The van der Waals surface area contributed by atoms with E-state index in [0.29, 0.717) is 28.3 Å². The minimum atomic E-state index is -0.424. The monoisotopic (exact) mass is 318 g/mol. The van der Waals surface area contributed by atoms with Gasteiger partial charge < -0.3 is 20.0 Å². The Hall–Kier alpha value is -2.57. The van der Waals surface area contributed by atoms with E-state index in [2.05, 4.69) is 20.3 Å². The van der Waals surface area contributed by atoms with Gasteiger partial charge in [0.15, 0.2) is 0 Å². The second-order valence-corrected chi connectivity index (χ2v) is 5.77. The molecule has 2 rings (SSSR count). The van der Waals surface area contributed by atoms with E-state index in [1.165, 1.54) is 0 Å². The maximum Gasteiger partial charge on any atom is 0.340 e. The van der Waals surface area contributed by atoms with E-state index >= 15 is 0 Å². The molecular weight excluding hydrogens is 296 g/mol. The number of rotatable bonds is 5. The summed E-state index contributed by atoms with van der Waals surface area (Å²) in [4.78, 5) is 34.6. The molecule has 0 bridgehead atoms. The molecule has 2 aromatic rings. The van der Waals surface area contributed by atoms with E-state index in [1.807, 2.05) is 6.92 Å². The van der Waals surface area contributed by atoms with E-state index in [4.69, 9.17) is 4.74 Å². The van der Waals surface area contributed by atoms with Crippen LogP contribution >= 0.6 is 0 Å². The highest BCUT2D eigenvalue weighted by Gasteiger charge is 2.23. The number of aromatic nitrogens is 3. The molecule has 124 valence electrons. The maximum atomic E-state index is 12.3. The van der Waals surface area contributed by atoms with E-state index in [0.717, 1.165) is 5.69 Å². The van der Waals surface area contributed by atoms with Gasteiger partial charge in [0.25, 0.3) is 5.91 Å². The average Bonchev–Trinajstić information content (AvgIpc) is 2.99. The van der Waals surface area contributed by atoms with Gasteiger partial charge in [0.1, 0.15) is 11.5 Å². The molecule has 0 fully saturated rings. The first-order valence-corrected chi connectivity index (χ1v) is 7.48. The number of esters is 1. The van der Waals surface area contributed by atoms with Gasteiger partial charge in [-0.05, 0) is 40.2 Å². The number of nitrogens with zero attached hydrogens (tertiary/aromatic N) is 1. The molecule has 7 nitrogen and oxygen atoms in total. The topological polar surface area (TPSA) is 99.9 Å². The number of hydrogen-bond acceptors (Lipinski definition) is 4. The molecule has 0 saturated heterocycles. The van der Waals surface area contributed by atoms with Crippen molar-refractivity contribution in [2.24, 2.45) is 0 Å². The predicted octanol–water partition coefficient (Wildman–Crippen LogP) is 2.16. The number of aryl methyl sites for hydroxylation is 2. The van der Waals surface area contributed by atoms with Crippen LogP contribution in [0.3, 0.4) is 0 Å². The summed E-state index contributed by atoms with van der Waals surface area (Å²) in [6, 6.07) is 0. The van der Waals surface area contributed by atoms with E-state index in [9.17, 15) is 9.59 Å². The molecule has 2 aromatic heterocycles. The standard InChI is InChI=1S/C16H22N4O3/c1-8(2)23-16(22)13-10(4)14(20-11(13)5)15(21)18-7-12-17-6-9(3)19-12/h6,8,20H,7H2,1-5H3,(H,17,19)(H,18,21). The lowest BCUT2D eigenvalue weighted by molar-refractivity contribution is 0.0376. The summed E-state index contributed by atoms with van der Waals surface area (Å²) >= 11 is 0. The molecule has 7 heteroatoms. The molecule has 0 atom stereocenters. The Morgan fingerprint density at radius 3 is 2.52 bits per heavy atom. The fraction of sp³-hybridized carbons (Fsp3) is 0.438. The molecule has 0 aromatic carbocycles. The summed E-state index contributed by atoms with van der Waals surface area (Å²) in [5.74, 6) is -0.0357. The van der Waals surface area contributed by atoms with Gasteiger partial charge in [-0.2, -0.15) is 0 Å². The van der Waals surface area contributed by atoms with E-state index < -0.39 is 5.97 Å². The third kappa shape index (κ3) is 3.80. The first-order chi connectivity index (χ1) is 10.8. The van der Waals surface area contributed by atoms with Crippen molar-refractivity contribution in [1.29, 1.82) is 0 Å². The van der Waals surface area contributed by atoms with Gasteiger partial charge in [0.2, 0.25) is 0 Å². The Morgan fingerprint density at radius 2 is 1.96 bits per heavy atom. The number of carbonyl (C=O) groups excluding carboxylic acids is 2. The Morgan fingerprint density at radius 1 is 1.26 bits per heavy atom. The highest BCUT2D eigenvalue weighted by molar-refractivity contribution is 6.00. The normalized spacial score (nSPS) is 10.9. The fourth-order valence-corrected chi connectivity index (χ4v) is 2.37. The van der Waals surface area contributed by atoms with Crippen LogP contribution in [0.5, 0.6) is 0 Å². The molecule has 2 heterocycles. The summed E-state index contributed by atoms with van der Waals surface area (Å²) < 4.78 is 5.22. The molecule has 0 saturated carbocycles. The zero-order valence-electron chi connectivity index (χ0n) is 14.0. The smallest absolute Gasteiger partial charge is 0.340 e. The molecule has 0 aliphatic heterocycles. The maximum absolute atomic E-state index is 12.3. The minimum absolute atomic E-state index is 0.212. The number of carbonyl (C=O) groups is 2. The third-order valence-corrected chi connectivity index (χ3v) is 3.38. The molecule has 0 unspecified atom stereocenters. The van der Waals surface area contributed by atoms with Crippen molar-refractivity contribution in [3.05, 3.63) is 40.2 Å². The molecular formula is C16H22N4O3. The molecule has 3 N–H and O–H groups in total. The lowest BCUT2D eigenvalue weighted by atomic mass is 10.1. The van der Waals surface area contributed by atoms with Crippen molar-refractivity contribution in [2.75, 3.05) is 0 Å². The highest BCUT2D eigenvalue weighted by atomic mass is 16.5. The number of hydrogen-bond donors (Lipinski definition) is 3. The van der Waals surface area contributed by atoms with Crippen LogP contribution in [0.25, 0.3) is 0 Å². The second kappa shape index (κ2) is 6.68.